The average molecular weight is 401 g/mol. The molecular formula is C22H28N2O3S. The van der Waals surface area contributed by atoms with Crippen molar-refractivity contribution in [1.82, 2.24) is 9.21 Å². The molecule has 0 radical (unpaired) electrons. The normalized spacial score (nSPS) is 20.4. The molecule has 28 heavy (non-hydrogen) atoms. The Kier molecular flexibility index (Phi) is 5.21. The van der Waals surface area contributed by atoms with Crippen molar-refractivity contribution in [2.75, 3.05) is 25.9 Å². The average Bonchev–Trinajstić information content (AvgIpc) is 2.81. The molecule has 2 aliphatic rings. The molecule has 0 unspecified atom stereocenters. The van der Waals surface area contributed by atoms with Crippen LogP contribution in [-0.4, -0.2) is 49.1 Å². The van der Waals surface area contributed by atoms with E-state index in [-0.39, 0.29) is 0 Å². The van der Waals surface area contributed by atoms with Gasteiger partial charge in [0.1, 0.15) is 11.4 Å². The van der Waals surface area contributed by atoms with Crippen molar-refractivity contribution in [3.63, 3.8) is 0 Å². The number of piperidine rings is 1. The molecule has 2 aliphatic heterocycles. The number of hydrogen-bond acceptors (Lipinski definition) is 4. The Bertz CT molecular complexity index is 936. The van der Waals surface area contributed by atoms with Gasteiger partial charge in [0.25, 0.3) is 0 Å². The first-order valence-corrected chi connectivity index (χ1v) is 11.7. The molecule has 6 heteroatoms. The predicted octanol–water partition coefficient (Wildman–Crippen LogP) is 3.18. The van der Waals surface area contributed by atoms with Gasteiger partial charge in [-0.05, 0) is 18.6 Å². The van der Waals surface area contributed by atoms with E-state index in [1.807, 2.05) is 31.2 Å². The summed E-state index contributed by atoms with van der Waals surface area (Å²) in [6, 6.07) is 16.5. The van der Waals surface area contributed by atoms with Gasteiger partial charge in [0.15, 0.2) is 0 Å². The Morgan fingerprint density at radius 1 is 1.07 bits per heavy atom. The number of nitrogens with zero attached hydrogens (tertiary/aromatic N) is 2. The molecule has 0 aromatic heterocycles. The fourth-order valence-electron chi connectivity index (χ4n) is 4.22. The fourth-order valence-corrected chi connectivity index (χ4v) is 5.06. The lowest BCUT2D eigenvalue weighted by Gasteiger charge is -2.42. The summed E-state index contributed by atoms with van der Waals surface area (Å²) in [5.74, 6) is 0.827. The quantitative estimate of drug-likeness (QED) is 0.794. The van der Waals surface area contributed by atoms with E-state index in [0.29, 0.717) is 13.1 Å². The molecule has 2 heterocycles. The Morgan fingerprint density at radius 3 is 2.46 bits per heavy atom. The molecule has 150 valence electrons. The topological polar surface area (TPSA) is 49.9 Å². The maximum atomic E-state index is 12.4. The van der Waals surface area contributed by atoms with Crippen LogP contribution in [-0.2, 0) is 23.1 Å². The minimum Gasteiger partial charge on any atom is -0.485 e. The van der Waals surface area contributed by atoms with Crippen molar-refractivity contribution in [2.24, 2.45) is 0 Å². The fraction of sp³-hybridized carbons (Fsp3) is 0.455. The van der Waals surface area contributed by atoms with Gasteiger partial charge in [0, 0.05) is 44.6 Å². The first-order chi connectivity index (χ1) is 13.3. The molecule has 0 aliphatic carbocycles. The number of sulfonamides is 1. The van der Waals surface area contributed by atoms with Gasteiger partial charge in [-0.15, -0.1) is 0 Å². The molecule has 1 saturated heterocycles. The molecule has 2 aromatic carbocycles. The predicted molar refractivity (Wildman–Crippen MR) is 111 cm³/mol. The molecular weight excluding hydrogens is 372 g/mol. The van der Waals surface area contributed by atoms with Crippen LogP contribution in [0.1, 0.15) is 29.5 Å². The van der Waals surface area contributed by atoms with E-state index in [2.05, 4.69) is 29.2 Å². The van der Waals surface area contributed by atoms with Gasteiger partial charge in [-0.1, -0.05) is 48.0 Å². The lowest BCUT2D eigenvalue weighted by Crippen LogP contribution is -2.53. The second kappa shape index (κ2) is 7.50. The molecule has 4 rings (SSSR count). The molecule has 0 saturated carbocycles. The van der Waals surface area contributed by atoms with E-state index >= 15 is 0 Å². The van der Waals surface area contributed by atoms with Gasteiger partial charge in [0.2, 0.25) is 10.0 Å². The Labute approximate surface area is 168 Å². The zero-order valence-corrected chi connectivity index (χ0v) is 17.4. The standard InChI is InChI=1S/C22H28N2O3S/c1-18-8-9-21-20(14-18)16-24(28(2,25)26)17-22(27-21)10-12-23(13-11-22)15-19-6-4-3-5-7-19/h3-9,14H,10-13,15-17H2,1-2H3. The van der Waals surface area contributed by atoms with Crippen molar-refractivity contribution in [3.05, 3.63) is 65.2 Å². The number of benzene rings is 2. The monoisotopic (exact) mass is 400 g/mol. The third kappa shape index (κ3) is 4.24. The van der Waals surface area contributed by atoms with Gasteiger partial charge in [0.05, 0.1) is 12.8 Å². The number of hydrogen-bond donors (Lipinski definition) is 0. The third-order valence-corrected chi connectivity index (χ3v) is 7.04. The summed E-state index contributed by atoms with van der Waals surface area (Å²) in [5.41, 5.74) is 2.91. The summed E-state index contributed by atoms with van der Waals surface area (Å²) in [6.45, 7) is 5.53. The van der Waals surface area contributed by atoms with Crippen LogP contribution in [0.15, 0.2) is 48.5 Å². The minimum absolute atomic E-state index is 0.380. The number of ether oxygens (including phenoxy) is 1. The smallest absolute Gasteiger partial charge is 0.211 e. The Hall–Kier alpha value is -1.89. The second-order valence-corrected chi connectivity index (χ2v) is 10.2. The van der Waals surface area contributed by atoms with Crippen molar-refractivity contribution in [1.29, 1.82) is 0 Å². The number of likely N-dealkylation sites (tertiary alicyclic amines) is 1. The highest BCUT2D eigenvalue weighted by atomic mass is 32.2. The van der Waals surface area contributed by atoms with Gasteiger partial charge in [-0.2, -0.15) is 4.31 Å². The molecule has 0 atom stereocenters. The first kappa shape index (κ1) is 19.4. The van der Waals surface area contributed by atoms with Crippen molar-refractivity contribution < 1.29 is 13.2 Å². The van der Waals surface area contributed by atoms with Crippen molar-refractivity contribution in [3.8, 4) is 5.75 Å². The molecule has 1 fully saturated rings. The van der Waals surface area contributed by atoms with Crippen LogP contribution in [0.3, 0.4) is 0 Å². The number of fused-ring (bicyclic) bond motifs is 1. The number of rotatable bonds is 3. The molecule has 0 N–H and O–H groups in total. The van der Waals surface area contributed by atoms with Crippen LogP contribution >= 0.6 is 0 Å². The van der Waals surface area contributed by atoms with Gasteiger partial charge < -0.3 is 4.74 Å². The molecule has 5 nitrogen and oxygen atoms in total. The Balaban J connectivity index is 1.55. The van der Waals surface area contributed by atoms with Crippen LogP contribution in [0, 0.1) is 6.92 Å². The highest BCUT2D eigenvalue weighted by Crippen LogP contribution is 2.37. The van der Waals surface area contributed by atoms with Crippen molar-refractivity contribution >= 4 is 10.0 Å². The summed E-state index contributed by atoms with van der Waals surface area (Å²) < 4.78 is 33.0. The van der Waals surface area contributed by atoms with E-state index < -0.39 is 15.6 Å². The van der Waals surface area contributed by atoms with Crippen molar-refractivity contribution in [2.45, 2.75) is 38.5 Å². The molecule has 2 aromatic rings. The SMILES string of the molecule is Cc1ccc2c(c1)CN(S(C)(=O)=O)CC1(CCN(Cc3ccccc3)CC1)O2. The van der Waals surface area contributed by atoms with E-state index in [9.17, 15) is 8.42 Å². The maximum absolute atomic E-state index is 12.4. The first-order valence-electron chi connectivity index (χ1n) is 9.83. The Morgan fingerprint density at radius 2 is 1.79 bits per heavy atom. The summed E-state index contributed by atoms with van der Waals surface area (Å²) in [6.07, 6.45) is 2.93. The van der Waals surface area contributed by atoms with Crippen LogP contribution in [0.25, 0.3) is 0 Å². The van der Waals surface area contributed by atoms with Gasteiger partial charge >= 0.3 is 0 Å². The zero-order chi connectivity index (χ0) is 19.8. The molecule has 0 bridgehead atoms. The second-order valence-electron chi connectivity index (χ2n) is 8.19. The van der Waals surface area contributed by atoms with Gasteiger partial charge in [-0.25, -0.2) is 8.42 Å². The van der Waals surface area contributed by atoms with E-state index in [1.165, 1.54) is 11.8 Å². The maximum Gasteiger partial charge on any atom is 0.211 e. The zero-order valence-electron chi connectivity index (χ0n) is 16.6. The largest absolute Gasteiger partial charge is 0.485 e. The highest BCUT2D eigenvalue weighted by Gasteiger charge is 2.42. The lowest BCUT2D eigenvalue weighted by molar-refractivity contribution is -0.00744. The molecule has 0 amide bonds. The van der Waals surface area contributed by atoms with Crippen LogP contribution in [0.2, 0.25) is 0 Å². The van der Waals surface area contributed by atoms with Crippen LogP contribution in [0.5, 0.6) is 5.75 Å². The highest BCUT2D eigenvalue weighted by molar-refractivity contribution is 7.88. The van der Waals surface area contributed by atoms with Crippen LogP contribution in [0.4, 0.5) is 0 Å². The summed E-state index contributed by atoms with van der Waals surface area (Å²) in [4.78, 5) is 2.43. The van der Waals surface area contributed by atoms with Gasteiger partial charge in [-0.3, -0.25) is 4.90 Å². The summed E-state index contributed by atoms with van der Waals surface area (Å²) in [7, 11) is -3.30. The van der Waals surface area contributed by atoms with E-state index in [1.54, 1.807) is 4.31 Å². The lowest BCUT2D eigenvalue weighted by atomic mass is 9.90. The summed E-state index contributed by atoms with van der Waals surface area (Å²) >= 11 is 0. The van der Waals surface area contributed by atoms with E-state index in [4.69, 9.17) is 4.74 Å². The van der Waals surface area contributed by atoms with E-state index in [0.717, 1.165) is 49.4 Å². The van der Waals surface area contributed by atoms with Crippen LogP contribution < -0.4 is 4.74 Å². The minimum atomic E-state index is -3.30. The third-order valence-electron chi connectivity index (χ3n) is 5.84. The summed E-state index contributed by atoms with van der Waals surface area (Å²) in [5, 5.41) is 0. The number of aryl methyl sites for hydroxylation is 1. The molecule has 1 spiro atoms.